The van der Waals surface area contributed by atoms with Crippen molar-refractivity contribution < 1.29 is 17.9 Å². The van der Waals surface area contributed by atoms with E-state index in [0.29, 0.717) is 6.54 Å². The first-order valence-corrected chi connectivity index (χ1v) is 6.99. The Morgan fingerprint density at radius 3 is 2.67 bits per heavy atom. The van der Waals surface area contributed by atoms with Gasteiger partial charge in [-0.25, -0.2) is 13.4 Å². The summed E-state index contributed by atoms with van der Waals surface area (Å²) in [5.74, 6) is -0.585. The third-order valence-corrected chi connectivity index (χ3v) is 4.00. The SMILES string of the molecule is CCOC(=O)CN(C)S(=O)(=O)c1cn(CC)cn1. The van der Waals surface area contributed by atoms with Crippen LogP contribution >= 0.6 is 0 Å². The number of aromatic nitrogens is 2. The van der Waals surface area contributed by atoms with Gasteiger partial charge in [-0.3, -0.25) is 4.79 Å². The summed E-state index contributed by atoms with van der Waals surface area (Å²) in [7, 11) is -2.42. The second-order valence-electron chi connectivity index (χ2n) is 3.61. The van der Waals surface area contributed by atoms with Gasteiger partial charge in [0, 0.05) is 19.8 Å². The molecule has 102 valence electrons. The third kappa shape index (κ3) is 3.30. The molecular formula is C10H17N3O4S. The van der Waals surface area contributed by atoms with Crippen LogP contribution in [0.2, 0.25) is 0 Å². The van der Waals surface area contributed by atoms with Gasteiger partial charge in [-0.15, -0.1) is 0 Å². The highest BCUT2D eigenvalue weighted by molar-refractivity contribution is 7.89. The van der Waals surface area contributed by atoms with Crippen LogP contribution in [0.1, 0.15) is 13.8 Å². The standard InChI is InChI=1S/C10H17N3O4S/c1-4-13-6-9(11-8-13)18(15,16)12(3)7-10(14)17-5-2/h6,8H,4-5,7H2,1-3H3. The topological polar surface area (TPSA) is 81.5 Å². The quantitative estimate of drug-likeness (QED) is 0.687. The first-order chi connectivity index (χ1) is 8.41. The zero-order chi connectivity index (χ0) is 13.8. The molecule has 0 aliphatic heterocycles. The van der Waals surface area contributed by atoms with E-state index in [2.05, 4.69) is 4.98 Å². The maximum absolute atomic E-state index is 12.0. The van der Waals surface area contributed by atoms with Gasteiger partial charge in [0.15, 0.2) is 5.03 Å². The van der Waals surface area contributed by atoms with E-state index in [9.17, 15) is 13.2 Å². The zero-order valence-corrected chi connectivity index (χ0v) is 11.5. The first kappa shape index (κ1) is 14.7. The van der Waals surface area contributed by atoms with Gasteiger partial charge in [-0.2, -0.15) is 4.31 Å². The number of rotatable bonds is 6. The molecule has 7 nitrogen and oxygen atoms in total. The van der Waals surface area contributed by atoms with Crippen LogP contribution in [-0.4, -0.2) is 48.4 Å². The summed E-state index contributed by atoms with van der Waals surface area (Å²) >= 11 is 0. The summed E-state index contributed by atoms with van der Waals surface area (Å²) in [6, 6.07) is 0. The Kier molecular flexibility index (Phi) is 4.85. The summed E-state index contributed by atoms with van der Waals surface area (Å²) in [4.78, 5) is 15.1. The molecular weight excluding hydrogens is 258 g/mol. The molecule has 1 rings (SSSR count). The van der Waals surface area contributed by atoms with E-state index < -0.39 is 16.0 Å². The van der Waals surface area contributed by atoms with E-state index >= 15 is 0 Å². The number of carbonyl (C=O) groups is 1. The van der Waals surface area contributed by atoms with E-state index in [1.807, 2.05) is 6.92 Å². The van der Waals surface area contributed by atoms with Gasteiger partial charge in [0.05, 0.1) is 12.9 Å². The minimum atomic E-state index is -3.74. The summed E-state index contributed by atoms with van der Waals surface area (Å²) in [6.07, 6.45) is 2.86. The second-order valence-corrected chi connectivity index (χ2v) is 5.60. The Hall–Kier alpha value is -1.41. The highest BCUT2D eigenvalue weighted by atomic mass is 32.2. The van der Waals surface area contributed by atoms with Crippen molar-refractivity contribution in [3.05, 3.63) is 12.5 Å². The van der Waals surface area contributed by atoms with E-state index in [1.54, 1.807) is 11.5 Å². The Bertz CT molecular complexity index is 509. The molecule has 8 heteroatoms. The van der Waals surface area contributed by atoms with Crippen molar-refractivity contribution in [3.63, 3.8) is 0 Å². The normalized spacial score (nSPS) is 11.8. The van der Waals surface area contributed by atoms with Crippen LogP contribution in [0.3, 0.4) is 0 Å². The van der Waals surface area contributed by atoms with Crippen molar-refractivity contribution in [2.45, 2.75) is 25.4 Å². The second kappa shape index (κ2) is 5.96. The van der Waals surface area contributed by atoms with Crippen LogP contribution in [0.15, 0.2) is 17.6 Å². The molecule has 0 saturated heterocycles. The van der Waals surface area contributed by atoms with E-state index in [4.69, 9.17) is 4.74 Å². The summed E-state index contributed by atoms with van der Waals surface area (Å²) in [5.41, 5.74) is 0. The molecule has 0 saturated carbocycles. The molecule has 1 aromatic rings. The molecule has 0 bridgehead atoms. The lowest BCUT2D eigenvalue weighted by Crippen LogP contribution is -2.33. The molecule has 0 fully saturated rings. The lowest BCUT2D eigenvalue weighted by atomic mass is 10.6. The Morgan fingerprint density at radius 1 is 1.50 bits per heavy atom. The van der Waals surface area contributed by atoms with Gasteiger partial charge in [-0.1, -0.05) is 0 Å². The summed E-state index contributed by atoms with van der Waals surface area (Å²) in [6.45, 7) is 4.06. The number of carbonyl (C=O) groups excluding carboxylic acids is 1. The van der Waals surface area contributed by atoms with E-state index in [1.165, 1.54) is 19.6 Å². The maximum Gasteiger partial charge on any atom is 0.321 e. The molecule has 0 radical (unpaired) electrons. The molecule has 0 N–H and O–H groups in total. The maximum atomic E-state index is 12.0. The number of sulfonamides is 1. The van der Waals surface area contributed by atoms with Crippen LogP contribution in [0.25, 0.3) is 0 Å². The predicted octanol–water partition coefficient (Wildman–Crippen LogP) is 0.0866. The average molecular weight is 275 g/mol. The number of nitrogens with zero attached hydrogens (tertiary/aromatic N) is 3. The van der Waals surface area contributed by atoms with Crippen LogP contribution in [0, 0.1) is 0 Å². The molecule has 0 aromatic carbocycles. The minimum absolute atomic E-state index is 0.0730. The Balaban J connectivity index is 2.82. The molecule has 18 heavy (non-hydrogen) atoms. The van der Waals surface area contributed by atoms with Gasteiger partial charge in [0.25, 0.3) is 10.0 Å². The number of hydrogen-bond donors (Lipinski definition) is 0. The molecule has 0 atom stereocenters. The third-order valence-electron chi connectivity index (χ3n) is 2.31. The zero-order valence-electron chi connectivity index (χ0n) is 10.7. The van der Waals surface area contributed by atoms with Crippen molar-refractivity contribution in [2.75, 3.05) is 20.2 Å². The fourth-order valence-electron chi connectivity index (χ4n) is 1.28. The van der Waals surface area contributed by atoms with Gasteiger partial charge in [0.2, 0.25) is 0 Å². The van der Waals surface area contributed by atoms with Crippen molar-refractivity contribution >= 4 is 16.0 Å². The van der Waals surface area contributed by atoms with Crippen LogP contribution in [0.5, 0.6) is 0 Å². The molecule has 0 aliphatic carbocycles. The minimum Gasteiger partial charge on any atom is -0.465 e. The number of imidazole rings is 1. The fraction of sp³-hybridized carbons (Fsp3) is 0.600. The number of likely N-dealkylation sites (N-methyl/N-ethyl adjacent to an activating group) is 1. The molecule has 0 spiro atoms. The van der Waals surface area contributed by atoms with Gasteiger partial charge in [-0.05, 0) is 13.8 Å². The summed E-state index contributed by atoms with van der Waals surface area (Å²) < 4.78 is 31.4. The number of aryl methyl sites for hydroxylation is 1. The highest BCUT2D eigenvalue weighted by Gasteiger charge is 2.25. The fourth-order valence-corrected chi connectivity index (χ4v) is 2.32. The molecule has 0 aliphatic rings. The lowest BCUT2D eigenvalue weighted by Gasteiger charge is -2.14. The van der Waals surface area contributed by atoms with Gasteiger partial charge < -0.3 is 9.30 Å². The van der Waals surface area contributed by atoms with Gasteiger partial charge in [0.1, 0.15) is 6.54 Å². The van der Waals surface area contributed by atoms with Crippen LogP contribution < -0.4 is 0 Å². The van der Waals surface area contributed by atoms with E-state index in [-0.39, 0.29) is 18.2 Å². The Morgan fingerprint density at radius 2 is 2.17 bits per heavy atom. The summed E-state index contributed by atoms with van der Waals surface area (Å²) in [5, 5.41) is -0.0730. The first-order valence-electron chi connectivity index (χ1n) is 5.55. The number of esters is 1. The largest absolute Gasteiger partial charge is 0.465 e. The molecule has 0 unspecified atom stereocenters. The van der Waals surface area contributed by atoms with Crippen molar-refractivity contribution in [3.8, 4) is 0 Å². The molecule has 1 aromatic heterocycles. The van der Waals surface area contributed by atoms with Crippen molar-refractivity contribution in [2.24, 2.45) is 0 Å². The predicted molar refractivity (Wildman–Crippen MR) is 64.3 cm³/mol. The molecule has 0 amide bonds. The van der Waals surface area contributed by atoms with E-state index in [0.717, 1.165) is 4.31 Å². The van der Waals surface area contributed by atoms with Gasteiger partial charge >= 0.3 is 5.97 Å². The number of hydrogen-bond acceptors (Lipinski definition) is 5. The molecule has 1 heterocycles. The average Bonchev–Trinajstić information content (AvgIpc) is 2.78. The monoisotopic (exact) mass is 275 g/mol. The van der Waals surface area contributed by atoms with Crippen molar-refractivity contribution in [1.29, 1.82) is 0 Å². The van der Waals surface area contributed by atoms with Crippen LogP contribution in [0.4, 0.5) is 0 Å². The Labute approximate surface area is 106 Å². The smallest absolute Gasteiger partial charge is 0.321 e. The lowest BCUT2D eigenvalue weighted by molar-refractivity contribution is -0.143. The number of ether oxygens (including phenoxy) is 1. The van der Waals surface area contributed by atoms with Crippen molar-refractivity contribution in [1.82, 2.24) is 13.9 Å². The van der Waals surface area contributed by atoms with Crippen LogP contribution in [-0.2, 0) is 26.1 Å². The highest BCUT2D eigenvalue weighted by Crippen LogP contribution is 2.11.